The van der Waals surface area contributed by atoms with Crippen molar-refractivity contribution >= 4 is 5.91 Å². The van der Waals surface area contributed by atoms with E-state index >= 15 is 0 Å². The molecule has 1 amide bonds. The zero-order chi connectivity index (χ0) is 18.5. The normalized spacial score (nSPS) is 10.4. The predicted molar refractivity (Wildman–Crippen MR) is 96.6 cm³/mol. The number of nitrogens with one attached hydrogen (secondary N) is 2. The topological polar surface area (TPSA) is 71.2 Å². The first-order valence-electron chi connectivity index (χ1n) is 7.97. The van der Waals surface area contributed by atoms with Crippen LogP contribution in [0, 0.1) is 5.82 Å². The molecule has 3 rings (SSSR count). The fourth-order valence-corrected chi connectivity index (χ4v) is 2.47. The number of carbonyl (C=O) groups is 1. The molecule has 0 radical (unpaired) electrons. The Kier molecular flexibility index (Phi) is 5.12. The van der Waals surface area contributed by atoms with Gasteiger partial charge in [0, 0.05) is 12.2 Å². The van der Waals surface area contributed by atoms with E-state index in [4.69, 9.17) is 4.74 Å². The summed E-state index contributed by atoms with van der Waals surface area (Å²) in [6.07, 6.45) is 0. The number of amides is 1. The van der Waals surface area contributed by atoms with Gasteiger partial charge in [0.1, 0.15) is 17.1 Å². The van der Waals surface area contributed by atoms with E-state index in [1.54, 1.807) is 37.4 Å². The summed E-state index contributed by atoms with van der Waals surface area (Å²) >= 11 is 0. The summed E-state index contributed by atoms with van der Waals surface area (Å²) in [4.78, 5) is 27.1. The summed E-state index contributed by atoms with van der Waals surface area (Å²) in [6, 6.07) is 16.1. The number of aromatic nitrogens is 1. The maximum atomic E-state index is 13.0. The number of benzene rings is 2. The Labute approximate surface area is 149 Å². The van der Waals surface area contributed by atoms with E-state index in [0.29, 0.717) is 17.8 Å². The van der Waals surface area contributed by atoms with Gasteiger partial charge in [-0.2, -0.15) is 0 Å². The van der Waals surface area contributed by atoms with Crippen molar-refractivity contribution in [1.82, 2.24) is 10.3 Å². The molecule has 2 aromatic carbocycles. The molecule has 0 unspecified atom stereocenters. The summed E-state index contributed by atoms with van der Waals surface area (Å²) in [5.74, 6) is -0.0914. The van der Waals surface area contributed by atoms with Crippen LogP contribution in [0.15, 0.2) is 65.5 Å². The SMILES string of the molecule is COc1ccc(CNC(=O)c2ccc(-c3ccc(F)cc3)[nH]c2=O)cc1. The zero-order valence-corrected chi connectivity index (χ0v) is 14.1. The standard InChI is InChI=1S/C20H17FN2O3/c1-26-16-8-2-13(3-9-16)12-22-19(24)17-10-11-18(23-20(17)25)14-4-6-15(21)7-5-14/h2-11H,12H2,1H3,(H,22,24)(H,23,25). The van der Waals surface area contributed by atoms with Crippen molar-refractivity contribution in [2.45, 2.75) is 6.54 Å². The van der Waals surface area contributed by atoms with E-state index in [-0.39, 0.29) is 11.4 Å². The number of rotatable bonds is 5. The third-order valence-corrected chi connectivity index (χ3v) is 3.92. The Morgan fingerprint density at radius 3 is 2.35 bits per heavy atom. The quantitative estimate of drug-likeness (QED) is 0.741. The highest BCUT2D eigenvalue weighted by molar-refractivity contribution is 5.94. The first kappa shape index (κ1) is 17.4. The molecule has 0 bridgehead atoms. The molecule has 0 aliphatic carbocycles. The van der Waals surface area contributed by atoms with E-state index in [1.807, 2.05) is 12.1 Å². The van der Waals surface area contributed by atoms with Crippen molar-refractivity contribution in [1.29, 1.82) is 0 Å². The third kappa shape index (κ3) is 3.97. The first-order chi connectivity index (χ1) is 12.6. The minimum atomic E-state index is -0.501. The van der Waals surface area contributed by atoms with Crippen molar-refractivity contribution in [3.63, 3.8) is 0 Å². The van der Waals surface area contributed by atoms with Crippen molar-refractivity contribution in [3.8, 4) is 17.0 Å². The molecule has 5 nitrogen and oxygen atoms in total. The van der Waals surface area contributed by atoms with E-state index in [0.717, 1.165) is 11.3 Å². The van der Waals surface area contributed by atoms with Gasteiger partial charge < -0.3 is 15.0 Å². The lowest BCUT2D eigenvalue weighted by molar-refractivity contribution is 0.0949. The van der Waals surface area contributed by atoms with Crippen LogP contribution in [0.3, 0.4) is 0 Å². The molecule has 3 aromatic rings. The highest BCUT2D eigenvalue weighted by Crippen LogP contribution is 2.16. The number of halogens is 1. The van der Waals surface area contributed by atoms with Crippen LogP contribution in [0.5, 0.6) is 5.75 Å². The van der Waals surface area contributed by atoms with Gasteiger partial charge in [-0.25, -0.2) is 4.39 Å². The molecule has 1 heterocycles. The molecule has 1 aromatic heterocycles. The predicted octanol–water partition coefficient (Wildman–Crippen LogP) is 3.12. The summed E-state index contributed by atoms with van der Waals surface area (Å²) in [5.41, 5.74) is 1.58. The Bertz CT molecular complexity index is 964. The lowest BCUT2D eigenvalue weighted by Gasteiger charge is -2.07. The fraction of sp³-hybridized carbons (Fsp3) is 0.100. The number of hydrogen-bond acceptors (Lipinski definition) is 3. The summed E-state index contributed by atoms with van der Waals surface area (Å²) in [5, 5.41) is 2.71. The Hall–Kier alpha value is -3.41. The first-order valence-corrected chi connectivity index (χ1v) is 7.97. The molecule has 0 aliphatic heterocycles. The monoisotopic (exact) mass is 352 g/mol. The second-order valence-corrected chi connectivity index (χ2v) is 5.65. The van der Waals surface area contributed by atoms with Gasteiger partial charge >= 0.3 is 0 Å². The molecule has 0 saturated carbocycles. The van der Waals surface area contributed by atoms with Crippen LogP contribution < -0.4 is 15.6 Å². The molecule has 0 atom stereocenters. The smallest absolute Gasteiger partial charge is 0.261 e. The highest BCUT2D eigenvalue weighted by Gasteiger charge is 2.11. The molecular formula is C20H17FN2O3. The largest absolute Gasteiger partial charge is 0.497 e. The Morgan fingerprint density at radius 2 is 1.73 bits per heavy atom. The van der Waals surface area contributed by atoms with Gasteiger partial charge in [0.25, 0.3) is 11.5 Å². The van der Waals surface area contributed by atoms with Crippen LogP contribution in [0.4, 0.5) is 4.39 Å². The molecule has 0 aliphatic rings. The van der Waals surface area contributed by atoms with E-state index in [2.05, 4.69) is 10.3 Å². The van der Waals surface area contributed by atoms with Crippen LogP contribution in [0.2, 0.25) is 0 Å². The highest BCUT2D eigenvalue weighted by atomic mass is 19.1. The number of pyridine rings is 1. The number of aromatic amines is 1. The average Bonchev–Trinajstić information content (AvgIpc) is 2.67. The number of hydrogen-bond donors (Lipinski definition) is 2. The summed E-state index contributed by atoms with van der Waals surface area (Å²) < 4.78 is 18.1. The maximum Gasteiger partial charge on any atom is 0.261 e. The number of carbonyl (C=O) groups excluding carboxylic acids is 1. The van der Waals surface area contributed by atoms with Gasteiger partial charge in [-0.1, -0.05) is 12.1 Å². The minimum absolute atomic E-state index is 0.0179. The van der Waals surface area contributed by atoms with Crippen LogP contribution in [0.25, 0.3) is 11.3 Å². The molecule has 0 saturated heterocycles. The van der Waals surface area contributed by atoms with Crippen LogP contribution >= 0.6 is 0 Å². The van der Waals surface area contributed by atoms with Gasteiger partial charge in [-0.05, 0) is 59.7 Å². The fourth-order valence-electron chi connectivity index (χ4n) is 2.47. The van der Waals surface area contributed by atoms with Crippen molar-refractivity contribution in [3.05, 3.63) is 88.0 Å². The number of methoxy groups -OCH3 is 1. The molecular weight excluding hydrogens is 335 g/mol. The van der Waals surface area contributed by atoms with Gasteiger partial charge in [-0.3, -0.25) is 9.59 Å². The van der Waals surface area contributed by atoms with Crippen LogP contribution in [-0.4, -0.2) is 18.0 Å². The summed E-state index contributed by atoms with van der Waals surface area (Å²) in [6.45, 7) is 0.294. The third-order valence-electron chi connectivity index (χ3n) is 3.92. The number of ether oxygens (including phenoxy) is 1. The van der Waals surface area contributed by atoms with E-state index in [9.17, 15) is 14.0 Å². The molecule has 0 fully saturated rings. The summed E-state index contributed by atoms with van der Waals surface area (Å²) in [7, 11) is 1.58. The van der Waals surface area contributed by atoms with Crippen LogP contribution in [-0.2, 0) is 6.54 Å². The molecule has 6 heteroatoms. The van der Waals surface area contributed by atoms with E-state index < -0.39 is 11.5 Å². The van der Waals surface area contributed by atoms with Gasteiger partial charge in [0.2, 0.25) is 0 Å². The minimum Gasteiger partial charge on any atom is -0.497 e. The van der Waals surface area contributed by atoms with Gasteiger partial charge in [0.15, 0.2) is 0 Å². The molecule has 0 spiro atoms. The van der Waals surface area contributed by atoms with Crippen molar-refractivity contribution in [2.24, 2.45) is 0 Å². The Balaban J connectivity index is 1.71. The number of H-pyrrole nitrogens is 1. The molecule has 132 valence electrons. The van der Waals surface area contributed by atoms with Crippen LogP contribution in [0.1, 0.15) is 15.9 Å². The Morgan fingerprint density at radius 1 is 1.04 bits per heavy atom. The zero-order valence-electron chi connectivity index (χ0n) is 14.1. The van der Waals surface area contributed by atoms with Gasteiger partial charge in [-0.15, -0.1) is 0 Å². The molecule has 2 N–H and O–H groups in total. The van der Waals surface area contributed by atoms with Crippen molar-refractivity contribution in [2.75, 3.05) is 7.11 Å². The second kappa shape index (κ2) is 7.65. The molecule has 26 heavy (non-hydrogen) atoms. The maximum absolute atomic E-state index is 13.0. The van der Waals surface area contributed by atoms with E-state index in [1.165, 1.54) is 18.2 Å². The van der Waals surface area contributed by atoms with Gasteiger partial charge in [0.05, 0.1) is 7.11 Å². The second-order valence-electron chi connectivity index (χ2n) is 5.65. The average molecular weight is 352 g/mol. The lowest BCUT2D eigenvalue weighted by atomic mass is 10.1. The van der Waals surface area contributed by atoms with Crippen molar-refractivity contribution < 1.29 is 13.9 Å². The lowest BCUT2D eigenvalue weighted by Crippen LogP contribution is -2.29.